The summed E-state index contributed by atoms with van der Waals surface area (Å²) < 4.78 is 1.72. The molecule has 0 aliphatic rings. The molecule has 0 atom stereocenters. The first-order valence-electron chi connectivity index (χ1n) is 5.76. The lowest BCUT2D eigenvalue weighted by Crippen LogP contribution is -2.00. The van der Waals surface area contributed by atoms with Crippen LogP contribution in [0.5, 0.6) is 0 Å². The Morgan fingerprint density at radius 2 is 2.00 bits per heavy atom. The molecule has 0 fully saturated rings. The van der Waals surface area contributed by atoms with E-state index in [-0.39, 0.29) is 0 Å². The van der Waals surface area contributed by atoms with Gasteiger partial charge in [-0.15, -0.1) is 0 Å². The minimum Gasteiger partial charge on any atom is -0.296 e. The summed E-state index contributed by atoms with van der Waals surface area (Å²) in [5.41, 5.74) is 5.04. The van der Waals surface area contributed by atoms with Crippen molar-refractivity contribution in [2.75, 3.05) is 0 Å². The Hall–Kier alpha value is -1.90. The van der Waals surface area contributed by atoms with Crippen molar-refractivity contribution < 1.29 is 4.79 Å². The number of hydrogen-bond donors (Lipinski definition) is 0. The second-order valence-corrected chi connectivity index (χ2v) is 4.19. The molecule has 0 bridgehead atoms. The average molecular weight is 228 g/mol. The third-order valence-corrected chi connectivity index (χ3v) is 3.03. The van der Waals surface area contributed by atoms with Crippen molar-refractivity contribution in [1.29, 1.82) is 0 Å². The number of carbonyl (C=O) groups is 1. The van der Waals surface area contributed by atoms with Gasteiger partial charge in [-0.25, -0.2) is 0 Å². The minimum absolute atomic E-state index is 0.626. The number of hydrogen-bond acceptors (Lipinski definition) is 2. The molecule has 0 radical (unpaired) electrons. The average Bonchev–Trinajstić information content (AvgIpc) is 2.75. The molecule has 17 heavy (non-hydrogen) atoms. The van der Waals surface area contributed by atoms with Gasteiger partial charge in [-0.2, -0.15) is 5.10 Å². The standard InChI is InChI=1S/C14H16N2O/c1-4-16-13(9-17)8-14(15-16)12-6-5-10(2)11(3)7-12/h5-9H,4H2,1-3H3. The maximum absolute atomic E-state index is 10.9. The predicted octanol–water partition coefficient (Wildman–Crippen LogP) is 3.00. The fourth-order valence-corrected chi connectivity index (χ4v) is 1.82. The summed E-state index contributed by atoms with van der Waals surface area (Å²) in [7, 11) is 0. The van der Waals surface area contributed by atoms with Crippen LogP contribution in [0.2, 0.25) is 0 Å². The van der Waals surface area contributed by atoms with Crippen LogP contribution < -0.4 is 0 Å². The van der Waals surface area contributed by atoms with E-state index in [1.807, 2.05) is 19.1 Å². The molecule has 0 spiro atoms. The van der Waals surface area contributed by atoms with Gasteiger partial charge in [-0.3, -0.25) is 9.48 Å². The molecule has 3 heteroatoms. The second kappa shape index (κ2) is 4.53. The molecule has 1 aromatic carbocycles. The van der Waals surface area contributed by atoms with E-state index in [0.717, 1.165) is 17.5 Å². The van der Waals surface area contributed by atoms with Crippen molar-refractivity contribution in [1.82, 2.24) is 9.78 Å². The third-order valence-electron chi connectivity index (χ3n) is 3.03. The molecule has 0 aliphatic carbocycles. The molecule has 2 rings (SSSR count). The number of nitrogens with zero attached hydrogens (tertiary/aromatic N) is 2. The molecule has 88 valence electrons. The van der Waals surface area contributed by atoms with E-state index >= 15 is 0 Å². The number of carbonyl (C=O) groups excluding carboxylic acids is 1. The van der Waals surface area contributed by atoms with Gasteiger partial charge in [-0.05, 0) is 44.0 Å². The monoisotopic (exact) mass is 228 g/mol. The Balaban J connectivity index is 2.49. The quantitative estimate of drug-likeness (QED) is 0.757. The molecule has 0 saturated carbocycles. The van der Waals surface area contributed by atoms with Crippen LogP contribution in [0, 0.1) is 13.8 Å². The summed E-state index contributed by atoms with van der Waals surface area (Å²) in [4.78, 5) is 10.9. The van der Waals surface area contributed by atoms with Crippen LogP contribution in [0.4, 0.5) is 0 Å². The molecule has 0 aliphatic heterocycles. The SMILES string of the molecule is CCn1nc(-c2ccc(C)c(C)c2)cc1C=O. The van der Waals surface area contributed by atoms with Crippen molar-refractivity contribution in [3.63, 3.8) is 0 Å². The van der Waals surface area contributed by atoms with E-state index in [1.165, 1.54) is 11.1 Å². The maximum atomic E-state index is 10.9. The molecule has 3 nitrogen and oxygen atoms in total. The summed E-state index contributed by atoms with van der Waals surface area (Å²) in [5.74, 6) is 0. The number of aromatic nitrogens is 2. The predicted molar refractivity (Wildman–Crippen MR) is 68.2 cm³/mol. The summed E-state index contributed by atoms with van der Waals surface area (Å²) in [6, 6.07) is 8.06. The number of aryl methyl sites for hydroxylation is 3. The molecule has 0 unspecified atom stereocenters. The fraction of sp³-hybridized carbons (Fsp3) is 0.286. The highest BCUT2D eigenvalue weighted by Crippen LogP contribution is 2.21. The Morgan fingerprint density at radius 3 is 2.53 bits per heavy atom. The molecule has 0 N–H and O–H groups in total. The fourth-order valence-electron chi connectivity index (χ4n) is 1.82. The van der Waals surface area contributed by atoms with E-state index in [2.05, 4.69) is 31.1 Å². The molecule has 1 aromatic heterocycles. The molecule has 2 aromatic rings. The second-order valence-electron chi connectivity index (χ2n) is 4.19. The van der Waals surface area contributed by atoms with Gasteiger partial charge in [0.15, 0.2) is 6.29 Å². The van der Waals surface area contributed by atoms with Gasteiger partial charge in [0.25, 0.3) is 0 Å². The first kappa shape index (κ1) is 11.6. The molecule has 0 amide bonds. The number of benzene rings is 1. The Labute approximate surface area is 101 Å². The first-order chi connectivity index (χ1) is 8.15. The van der Waals surface area contributed by atoms with Gasteiger partial charge >= 0.3 is 0 Å². The van der Waals surface area contributed by atoms with E-state index in [1.54, 1.807) is 4.68 Å². The van der Waals surface area contributed by atoms with Crippen LogP contribution in [-0.4, -0.2) is 16.1 Å². The van der Waals surface area contributed by atoms with Crippen LogP contribution in [0.15, 0.2) is 24.3 Å². The van der Waals surface area contributed by atoms with Gasteiger partial charge < -0.3 is 0 Å². The Bertz CT molecular complexity index is 555. The summed E-state index contributed by atoms with van der Waals surface area (Å²) in [6.07, 6.45) is 0.848. The maximum Gasteiger partial charge on any atom is 0.168 e. The Kier molecular flexibility index (Phi) is 3.09. The zero-order valence-electron chi connectivity index (χ0n) is 10.4. The van der Waals surface area contributed by atoms with Crippen LogP contribution in [0.1, 0.15) is 28.5 Å². The largest absolute Gasteiger partial charge is 0.296 e. The van der Waals surface area contributed by atoms with Gasteiger partial charge in [0.2, 0.25) is 0 Å². The van der Waals surface area contributed by atoms with E-state index < -0.39 is 0 Å². The molecule has 1 heterocycles. The van der Waals surface area contributed by atoms with Crippen molar-refractivity contribution in [3.8, 4) is 11.3 Å². The topological polar surface area (TPSA) is 34.9 Å². The highest BCUT2D eigenvalue weighted by molar-refractivity contribution is 5.76. The summed E-state index contributed by atoms with van der Waals surface area (Å²) in [5, 5.41) is 4.43. The van der Waals surface area contributed by atoms with Gasteiger partial charge in [0.1, 0.15) is 5.69 Å². The zero-order valence-corrected chi connectivity index (χ0v) is 10.4. The Morgan fingerprint density at radius 1 is 1.24 bits per heavy atom. The lowest BCUT2D eigenvalue weighted by molar-refractivity contribution is 0.111. The lowest BCUT2D eigenvalue weighted by Gasteiger charge is -2.02. The van der Waals surface area contributed by atoms with Crippen molar-refractivity contribution >= 4 is 6.29 Å². The number of rotatable bonds is 3. The molecule has 0 saturated heterocycles. The smallest absolute Gasteiger partial charge is 0.168 e. The van der Waals surface area contributed by atoms with Crippen molar-refractivity contribution in [3.05, 3.63) is 41.1 Å². The van der Waals surface area contributed by atoms with Gasteiger partial charge in [0, 0.05) is 12.1 Å². The van der Waals surface area contributed by atoms with Crippen molar-refractivity contribution in [2.24, 2.45) is 0 Å². The van der Waals surface area contributed by atoms with Crippen molar-refractivity contribution in [2.45, 2.75) is 27.3 Å². The zero-order chi connectivity index (χ0) is 12.4. The first-order valence-corrected chi connectivity index (χ1v) is 5.76. The van der Waals surface area contributed by atoms with E-state index in [4.69, 9.17) is 0 Å². The van der Waals surface area contributed by atoms with Gasteiger partial charge in [0.05, 0.1) is 5.69 Å². The van der Waals surface area contributed by atoms with Crippen LogP contribution in [-0.2, 0) is 6.54 Å². The van der Waals surface area contributed by atoms with E-state index in [0.29, 0.717) is 12.2 Å². The van der Waals surface area contributed by atoms with Gasteiger partial charge in [-0.1, -0.05) is 12.1 Å². The highest BCUT2D eigenvalue weighted by atomic mass is 16.1. The summed E-state index contributed by atoms with van der Waals surface area (Å²) >= 11 is 0. The normalized spacial score (nSPS) is 10.5. The van der Waals surface area contributed by atoms with Crippen LogP contribution in [0.25, 0.3) is 11.3 Å². The molecular weight excluding hydrogens is 212 g/mol. The van der Waals surface area contributed by atoms with E-state index in [9.17, 15) is 4.79 Å². The summed E-state index contributed by atoms with van der Waals surface area (Å²) in [6.45, 7) is 6.85. The third kappa shape index (κ3) is 2.13. The van der Waals surface area contributed by atoms with Crippen LogP contribution in [0.3, 0.4) is 0 Å². The highest BCUT2D eigenvalue weighted by Gasteiger charge is 2.08. The number of aldehydes is 1. The minimum atomic E-state index is 0.626. The van der Waals surface area contributed by atoms with Crippen LogP contribution >= 0.6 is 0 Å². The molecular formula is C14H16N2O. The lowest BCUT2D eigenvalue weighted by atomic mass is 10.0.